The largest absolute Gasteiger partial charge is 0.316 e. The topological polar surface area (TPSA) is 24.1 Å². The van der Waals surface area contributed by atoms with Gasteiger partial charge in [-0.3, -0.25) is 0 Å². The van der Waals surface area contributed by atoms with Crippen molar-refractivity contribution in [2.75, 3.05) is 13.1 Å². The lowest BCUT2D eigenvalue weighted by Gasteiger charge is -2.43. The normalized spacial score (nSPS) is 42.4. The predicted octanol–water partition coefficient (Wildman–Crippen LogP) is 2.79. The molecule has 1 heterocycles. The van der Waals surface area contributed by atoms with E-state index in [1.165, 1.54) is 32.2 Å². The Hall–Kier alpha value is -0.0800. The molecule has 2 N–H and O–H groups in total. The van der Waals surface area contributed by atoms with Crippen molar-refractivity contribution in [3.8, 4) is 0 Å². The molecule has 2 rings (SSSR count). The molecule has 2 fully saturated rings. The van der Waals surface area contributed by atoms with Crippen molar-refractivity contribution in [3.63, 3.8) is 0 Å². The number of piperidine rings is 1. The Kier molecular flexibility index (Phi) is 4.14. The second-order valence-corrected chi connectivity index (χ2v) is 7.29. The molecule has 2 aliphatic rings. The Morgan fingerprint density at radius 1 is 1.06 bits per heavy atom. The van der Waals surface area contributed by atoms with E-state index in [0.29, 0.717) is 11.5 Å². The standard InChI is InChI=1S/C15H30N2/c1-11-7-12(2)9-13(8-11)17-14-5-6-16-10-15(14,3)4/h11-14,16-17H,5-10H2,1-4H3. The summed E-state index contributed by atoms with van der Waals surface area (Å²) in [6, 6.07) is 1.46. The quantitative estimate of drug-likeness (QED) is 0.773. The molecule has 1 saturated heterocycles. The van der Waals surface area contributed by atoms with Gasteiger partial charge in [0.1, 0.15) is 0 Å². The minimum atomic E-state index is 0.405. The number of rotatable bonds is 2. The Morgan fingerprint density at radius 3 is 2.29 bits per heavy atom. The summed E-state index contributed by atoms with van der Waals surface area (Å²) in [5.74, 6) is 1.81. The molecule has 0 aromatic rings. The first kappa shape index (κ1) is 13.4. The smallest absolute Gasteiger partial charge is 0.0145 e. The van der Waals surface area contributed by atoms with Crippen molar-refractivity contribution in [3.05, 3.63) is 0 Å². The van der Waals surface area contributed by atoms with E-state index >= 15 is 0 Å². The van der Waals surface area contributed by atoms with Crippen molar-refractivity contribution >= 4 is 0 Å². The SMILES string of the molecule is CC1CC(C)CC(NC2CCNCC2(C)C)C1. The molecule has 0 spiro atoms. The number of nitrogens with one attached hydrogen (secondary N) is 2. The Bertz CT molecular complexity index is 239. The molecule has 0 bridgehead atoms. The highest BCUT2D eigenvalue weighted by molar-refractivity contribution is 4.93. The maximum absolute atomic E-state index is 3.97. The number of hydrogen-bond donors (Lipinski definition) is 2. The van der Waals surface area contributed by atoms with Crippen LogP contribution in [0.3, 0.4) is 0 Å². The summed E-state index contributed by atoms with van der Waals surface area (Å²) in [7, 11) is 0. The van der Waals surface area contributed by atoms with E-state index in [-0.39, 0.29) is 0 Å². The van der Waals surface area contributed by atoms with Gasteiger partial charge in [0, 0.05) is 18.6 Å². The fourth-order valence-corrected chi connectivity index (χ4v) is 3.85. The van der Waals surface area contributed by atoms with Crippen LogP contribution in [0.15, 0.2) is 0 Å². The van der Waals surface area contributed by atoms with Crippen molar-refractivity contribution in [2.24, 2.45) is 17.3 Å². The molecule has 17 heavy (non-hydrogen) atoms. The molecule has 3 atom stereocenters. The molecular weight excluding hydrogens is 208 g/mol. The zero-order valence-corrected chi connectivity index (χ0v) is 12.1. The maximum Gasteiger partial charge on any atom is 0.0145 e. The summed E-state index contributed by atoms with van der Waals surface area (Å²) in [4.78, 5) is 0. The Balaban J connectivity index is 1.90. The van der Waals surface area contributed by atoms with Gasteiger partial charge in [-0.05, 0) is 49.5 Å². The summed E-state index contributed by atoms with van der Waals surface area (Å²) in [5, 5.41) is 7.49. The molecule has 2 heteroatoms. The first-order valence-electron chi connectivity index (χ1n) is 7.44. The highest BCUT2D eigenvalue weighted by atomic mass is 15.0. The highest BCUT2D eigenvalue weighted by Crippen LogP contribution is 2.31. The summed E-state index contributed by atoms with van der Waals surface area (Å²) >= 11 is 0. The second-order valence-electron chi connectivity index (χ2n) is 7.29. The monoisotopic (exact) mass is 238 g/mol. The average molecular weight is 238 g/mol. The van der Waals surface area contributed by atoms with Crippen LogP contribution >= 0.6 is 0 Å². The van der Waals surface area contributed by atoms with Crippen molar-refractivity contribution in [2.45, 2.75) is 65.5 Å². The van der Waals surface area contributed by atoms with Crippen LogP contribution in [0.5, 0.6) is 0 Å². The molecule has 0 amide bonds. The molecule has 1 saturated carbocycles. The molecule has 2 nitrogen and oxygen atoms in total. The summed E-state index contributed by atoms with van der Waals surface area (Å²) < 4.78 is 0. The van der Waals surface area contributed by atoms with Gasteiger partial charge in [-0.2, -0.15) is 0 Å². The van der Waals surface area contributed by atoms with Crippen LogP contribution in [0.4, 0.5) is 0 Å². The van der Waals surface area contributed by atoms with Gasteiger partial charge in [-0.15, -0.1) is 0 Å². The van der Waals surface area contributed by atoms with Gasteiger partial charge in [0.05, 0.1) is 0 Å². The molecule has 0 aromatic heterocycles. The third kappa shape index (κ3) is 3.45. The van der Waals surface area contributed by atoms with E-state index in [1.807, 2.05) is 0 Å². The lowest BCUT2D eigenvalue weighted by Crippen LogP contribution is -2.56. The first-order chi connectivity index (χ1) is 7.97. The van der Waals surface area contributed by atoms with E-state index in [9.17, 15) is 0 Å². The molecule has 100 valence electrons. The lowest BCUT2D eigenvalue weighted by molar-refractivity contribution is 0.141. The molecule has 1 aliphatic carbocycles. The Labute approximate surface area is 107 Å². The number of hydrogen-bond acceptors (Lipinski definition) is 2. The van der Waals surface area contributed by atoms with Gasteiger partial charge in [-0.25, -0.2) is 0 Å². The van der Waals surface area contributed by atoms with Gasteiger partial charge < -0.3 is 10.6 Å². The molecular formula is C15H30N2. The third-order valence-electron chi connectivity index (χ3n) is 4.75. The van der Waals surface area contributed by atoms with E-state index in [2.05, 4.69) is 38.3 Å². The zero-order chi connectivity index (χ0) is 12.5. The fourth-order valence-electron chi connectivity index (χ4n) is 3.85. The van der Waals surface area contributed by atoms with Gasteiger partial charge in [0.15, 0.2) is 0 Å². The van der Waals surface area contributed by atoms with E-state index < -0.39 is 0 Å². The van der Waals surface area contributed by atoms with Crippen LogP contribution in [0, 0.1) is 17.3 Å². The van der Waals surface area contributed by atoms with Crippen LogP contribution in [-0.4, -0.2) is 25.2 Å². The van der Waals surface area contributed by atoms with Gasteiger partial charge >= 0.3 is 0 Å². The molecule has 0 aromatic carbocycles. The van der Waals surface area contributed by atoms with Crippen LogP contribution < -0.4 is 10.6 Å². The minimum absolute atomic E-state index is 0.405. The highest BCUT2D eigenvalue weighted by Gasteiger charge is 2.34. The fraction of sp³-hybridized carbons (Fsp3) is 1.00. The molecule has 1 aliphatic heterocycles. The molecule has 0 radical (unpaired) electrons. The summed E-state index contributed by atoms with van der Waals surface area (Å²) in [6.07, 6.45) is 5.47. The average Bonchev–Trinajstić information content (AvgIpc) is 2.19. The van der Waals surface area contributed by atoms with Crippen LogP contribution in [0.1, 0.15) is 53.4 Å². The third-order valence-corrected chi connectivity index (χ3v) is 4.75. The maximum atomic E-state index is 3.97. The van der Waals surface area contributed by atoms with E-state index in [1.54, 1.807) is 0 Å². The van der Waals surface area contributed by atoms with Crippen molar-refractivity contribution in [1.82, 2.24) is 10.6 Å². The molecule has 3 unspecified atom stereocenters. The van der Waals surface area contributed by atoms with Crippen molar-refractivity contribution < 1.29 is 0 Å². The minimum Gasteiger partial charge on any atom is -0.316 e. The van der Waals surface area contributed by atoms with E-state index in [4.69, 9.17) is 0 Å². The van der Waals surface area contributed by atoms with Gasteiger partial charge in [0.2, 0.25) is 0 Å². The van der Waals surface area contributed by atoms with Crippen LogP contribution in [0.25, 0.3) is 0 Å². The van der Waals surface area contributed by atoms with Gasteiger partial charge in [-0.1, -0.05) is 27.7 Å². The van der Waals surface area contributed by atoms with Crippen molar-refractivity contribution in [1.29, 1.82) is 0 Å². The lowest BCUT2D eigenvalue weighted by atomic mass is 9.76. The van der Waals surface area contributed by atoms with Crippen LogP contribution in [-0.2, 0) is 0 Å². The zero-order valence-electron chi connectivity index (χ0n) is 12.1. The predicted molar refractivity (Wildman–Crippen MR) is 74.2 cm³/mol. The Morgan fingerprint density at radius 2 is 1.71 bits per heavy atom. The second kappa shape index (κ2) is 5.27. The first-order valence-corrected chi connectivity index (χ1v) is 7.44. The summed E-state index contributed by atoms with van der Waals surface area (Å²) in [5.41, 5.74) is 0.405. The van der Waals surface area contributed by atoms with Gasteiger partial charge in [0.25, 0.3) is 0 Å². The van der Waals surface area contributed by atoms with E-state index in [0.717, 1.165) is 24.4 Å². The van der Waals surface area contributed by atoms with Crippen LogP contribution in [0.2, 0.25) is 0 Å². The summed E-state index contributed by atoms with van der Waals surface area (Å²) in [6.45, 7) is 12.0.